The van der Waals surface area contributed by atoms with Gasteiger partial charge in [-0.3, -0.25) is 14.4 Å². The van der Waals surface area contributed by atoms with Crippen LogP contribution in [0.15, 0.2) is 68.4 Å². The zero-order valence-electron chi connectivity index (χ0n) is 44.5. The van der Waals surface area contributed by atoms with E-state index in [4.69, 9.17) is 4.74 Å². The first kappa shape index (κ1) is 49.9. The van der Waals surface area contributed by atoms with E-state index in [0.29, 0.717) is 89.2 Å². The molecule has 6 heteroatoms. The van der Waals surface area contributed by atoms with E-state index in [-0.39, 0.29) is 16.9 Å². The van der Waals surface area contributed by atoms with E-state index in [9.17, 15) is 24.6 Å². The molecular weight excluding hydrogens is 853 g/mol. The number of ether oxygens (including phenoxy) is 1. The van der Waals surface area contributed by atoms with Gasteiger partial charge in [0.15, 0.2) is 17.3 Å². The summed E-state index contributed by atoms with van der Waals surface area (Å²) in [6.07, 6.45) is 31.2. The highest BCUT2D eigenvalue weighted by molar-refractivity contribution is 5.94. The van der Waals surface area contributed by atoms with Crippen LogP contribution < -0.4 is 0 Å². The minimum atomic E-state index is -0.494. The van der Waals surface area contributed by atoms with Crippen molar-refractivity contribution >= 4 is 17.3 Å². The lowest BCUT2D eigenvalue weighted by atomic mass is 9.52. The topological polar surface area (TPSA) is 101 Å². The number of hydrogen-bond donors (Lipinski definition) is 2. The van der Waals surface area contributed by atoms with E-state index in [1.54, 1.807) is 27.9 Å². The summed E-state index contributed by atoms with van der Waals surface area (Å²) < 4.78 is 6.31. The van der Waals surface area contributed by atoms with E-state index in [1.807, 2.05) is 18.2 Å². The van der Waals surface area contributed by atoms with Crippen LogP contribution in [0.1, 0.15) is 210 Å². The highest BCUT2D eigenvalue weighted by atomic mass is 16.5. The molecule has 2 N–H and O–H groups in total. The average Bonchev–Trinajstić information content (AvgIpc) is 3.91. The number of aliphatic hydroxyl groups excluding tert-OH is 1. The highest BCUT2D eigenvalue weighted by Gasteiger charge is 2.62. The van der Waals surface area contributed by atoms with Gasteiger partial charge in [0.25, 0.3) is 0 Å². The van der Waals surface area contributed by atoms with E-state index < -0.39 is 5.60 Å². The first-order valence-electron chi connectivity index (χ1n) is 28.7. The molecule has 0 aromatic carbocycles. The van der Waals surface area contributed by atoms with Gasteiger partial charge >= 0.3 is 0 Å². The Morgan fingerprint density at radius 3 is 1.61 bits per heavy atom. The second-order valence-electron chi connectivity index (χ2n) is 26.5. The predicted molar refractivity (Wildman–Crippen MR) is 276 cm³/mol. The molecule has 12 aliphatic carbocycles. The summed E-state index contributed by atoms with van der Waals surface area (Å²) in [5, 5.41) is 22.1. The van der Waals surface area contributed by atoms with Crippen LogP contribution in [-0.2, 0) is 19.1 Å². The van der Waals surface area contributed by atoms with E-state index in [2.05, 4.69) is 62.3 Å². The van der Waals surface area contributed by atoms with Crippen molar-refractivity contribution in [2.75, 3.05) is 0 Å². The van der Waals surface area contributed by atoms with Gasteiger partial charge in [-0.05, 0) is 258 Å². The summed E-state index contributed by atoms with van der Waals surface area (Å²) >= 11 is 0. The molecule has 12 rings (SSSR count). The van der Waals surface area contributed by atoms with Crippen LogP contribution in [0.25, 0.3) is 0 Å². The summed E-state index contributed by atoms with van der Waals surface area (Å²) in [5.74, 6) is 6.65. The third-order valence-electron chi connectivity index (χ3n) is 22.5. The zero-order chi connectivity index (χ0) is 48.9. The maximum absolute atomic E-state index is 11.8. The second-order valence-corrected chi connectivity index (χ2v) is 26.5. The molecule has 0 aromatic heterocycles. The molecule has 0 aromatic rings. The Bertz CT molecular complexity index is 2290. The summed E-state index contributed by atoms with van der Waals surface area (Å²) in [7, 11) is 0. The first-order chi connectivity index (χ1) is 32.8. The van der Waals surface area contributed by atoms with Crippen molar-refractivity contribution < 1.29 is 29.3 Å². The van der Waals surface area contributed by atoms with Crippen molar-refractivity contribution in [1.29, 1.82) is 0 Å². The summed E-state index contributed by atoms with van der Waals surface area (Å²) in [5.41, 5.74) is 13.9. The average molecular weight is 943 g/mol. The SMILES string of the molecule is CC(C)O[C@H]1CC[C@H]2[C@@H]3CCC4=CC(=O)CCC4=C3CC[C@]12C.CC(C)[C@H]1C[C@]2(C)[C@@H](O)CC[C@H]2[C@@H]2CCC3=CC(=O)CCC3=C21.CC(C)[C@]1(O)CC[C@H]2[C@@H]3CCC4=CC(=O)CCC4=C3CC[C@@]21C. The number of fused-ring (bicyclic) bond motifs is 12. The lowest BCUT2D eigenvalue weighted by molar-refractivity contribution is -0.119. The first-order valence-corrected chi connectivity index (χ1v) is 28.7. The van der Waals surface area contributed by atoms with E-state index in [1.165, 1.54) is 80.1 Å². The van der Waals surface area contributed by atoms with Gasteiger partial charge in [-0.1, -0.05) is 65.2 Å². The van der Waals surface area contributed by atoms with Gasteiger partial charge in [0.1, 0.15) is 0 Å². The van der Waals surface area contributed by atoms with Crippen LogP contribution in [0, 0.1) is 69.5 Å². The summed E-state index contributed by atoms with van der Waals surface area (Å²) in [6, 6.07) is 0. The van der Waals surface area contributed by atoms with E-state index >= 15 is 0 Å². The number of ketones is 3. The normalized spacial score (nSPS) is 42.1. The second kappa shape index (κ2) is 18.7. The molecule has 0 amide bonds. The van der Waals surface area contributed by atoms with Gasteiger partial charge in [0, 0.05) is 24.7 Å². The summed E-state index contributed by atoms with van der Waals surface area (Å²) in [6.45, 7) is 20.6. The van der Waals surface area contributed by atoms with Gasteiger partial charge in [0.2, 0.25) is 0 Å². The lowest BCUT2D eigenvalue weighted by Crippen LogP contribution is -2.52. The van der Waals surface area contributed by atoms with Crippen molar-refractivity contribution in [3.05, 3.63) is 68.4 Å². The number of aliphatic hydroxyl groups is 2. The molecule has 6 nitrogen and oxygen atoms in total. The van der Waals surface area contributed by atoms with Crippen molar-refractivity contribution in [3.63, 3.8) is 0 Å². The van der Waals surface area contributed by atoms with Crippen molar-refractivity contribution in [2.24, 2.45) is 69.5 Å². The van der Waals surface area contributed by atoms with Crippen molar-refractivity contribution in [3.8, 4) is 0 Å². The molecule has 0 radical (unpaired) electrons. The molecule has 13 atom stereocenters. The molecule has 0 spiro atoms. The number of carbonyl (C=O) groups excluding carboxylic acids is 3. The monoisotopic (exact) mass is 943 g/mol. The fraction of sp³-hybridized carbons (Fsp3) is 0.762. The van der Waals surface area contributed by atoms with Crippen LogP contribution in [0.4, 0.5) is 0 Å². The number of hydrogen-bond acceptors (Lipinski definition) is 6. The van der Waals surface area contributed by atoms with Crippen LogP contribution in [0.5, 0.6) is 0 Å². The molecule has 0 heterocycles. The molecule has 0 bridgehead atoms. The third kappa shape index (κ3) is 8.33. The minimum Gasteiger partial charge on any atom is -0.393 e. The molecular formula is C63H90O6. The lowest BCUT2D eigenvalue weighted by Gasteiger charge is -2.53. The van der Waals surface area contributed by atoms with Crippen LogP contribution in [0.3, 0.4) is 0 Å². The summed E-state index contributed by atoms with van der Waals surface area (Å²) in [4.78, 5) is 35.3. The maximum atomic E-state index is 11.8. The Hall–Kier alpha value is -2.67. The Balaban J connectivity index is 0.000000120. The van der Waals surface area contributed by atoms with Gasteiger partial charge in [-0.15, -0.1) is 0 Å². The molecule has 6 fully saturated rings. The van der Waals surface area contributed by atoms with Crippen LogP contribution in [-0.4, -0.2) is 51.5 Å². The fourth-order valence-corrected chi connectivity index (χ4v) is 18.9. The Labute approximate surface area is 416 Å². The number of rotatable bonds is 4. The third-order valence-corrected chi connectivity index (χ3v) is 22.5. The molecule has 378 valence electrons. The van der Waals surface area contributed by atoms with E-state index in [0.717, 1.165) is 88.9 Å². The zero-order valence-corrected chi connectivity index (χ0v) is 44.5. The quantitative estimate of drug-likeness (QED) is 0.291. The van der Waals surface area contributed by atoms with Crippen molar-refractivity contribution in [1.82, 2.24) is 0 Å². The Kier molecular flexibility index (Phi) is 13.5. The maximum Gasteiger partial charge on any atom is 0.156 e. The standard InChI is InChI=1S/3C21H30O2/c1-13(2)21(23)11-9-19-18-6-4-14-12-15(22)5-7-16(14)17(18)8-10-20(19,21)3;1-12(2)17-11-21(3)18(8-9-19(21)23)16-6-4-13-10-14(22)5-7-15(13)20(16)17;1-13(2)23-20-9-8-19-18-6-4-14-12-15(22)5-7-16(14)17(18)10-11-21(19,20)3/h12-13,18-19,23H,4-11H2,1-3H3;10,12,16-19,23H,4-9,11H2,1-3H3;12-13,18-20H,4-11H2,1-3H3/t18-,19+,20+,21-;16-,17+,18-,19-,21-;18-,19+,20+,21+/m101/s1. The van der Waals surface area contributed by atoms with Gasteiger partial charge in [-0.25, -0.2) is 0 Å². The molecule has 6 saturated carbocycles. The van der Waals surface area contributed by atoms with Crippen molar-refractivity contribution in [2.45, 2.75) is 234 Å². The number of carbonyl (C=O) groups is 3. The smallest absolute Gasteiger partial charge is 0.156 e. The fourth-order valence-electron chi connectivity index (χ4n) is 18.9. The van der Waals surface area contributed by atoms with Crippen LogP contribution in [0.2, 0.25) is 0 Å². The van der Waals surface area contributed by atoms with Gasteiger partial charge in [0.05, 0.1) is 23.9 Å². The molecule has 0 saturated heterocycles. The molecule has 12 aliphatic rings. The number of allylic oxidation sites excluding steroid dienone is 12. The molecule has 0 unspecified atom stereocenters. The molecule has 0 aliphatic heterocycles. The Morgan fingerprint density at radius 1 is 0.536 bits per heavy atom. The largest absolute Gasteiger partial charge is 0.393 e. The Morgan fingerprint density at radius 2 is 1.04 bits per heavy atom. The van der Waals surface area contributed by atoms with Gasteiger partial charge < -0.3 is 14.9 Å². The van der Waals surface area contributed by atoms with Crippen LogP contribution >= 0.6 is 0 Å². The van der Waals surface area contributed by atoms with Gasteiger partial charge in [-0.2, -0.15) is 0 Å². The minimum absolute atomic E-state index is 0.0710. The highest BCUT2D eigenvalue weighted by Crippen LogP contribution is 2.66. The predicted octanol–water partition coefficient (Wildman–Crippen LogP) is 14.0. The molecule has 69 heavy (non-hydrogen) atoms.